The fraction of sp³-hybridized carbons (Fsp3) is 0.167. The van der Waals surface area contributed by atoms with E-state index in [0.29, 0.717) is 26.6 Å². The first-order valence-electron chi connectivity index (χ1n) is 7.78. The van der Waals surface area contributed by atoms with Crippen LogP contribution in [0.1, 0.15) is 12.0 Å². The third-order valence-corrected chi connectivity index (χ3v) is 5.40. The molecule has 5 nitrogen and oxygen atoms in total. The molecule has 2 aromatic carbocycles. The highest BCUT2D eigenvalue weighted by Crippen LogP contribution is 2.26. The summed E-state index contributed by atoms with van der Waals surface area (Å²) in [5.74, 6) is -0.495. The average molecular weight is 408 g/mol. The summed E-state index contributed by atoms with van der Waals surface area (Å²) < 4.78 is 0. The predicted octanol–water partition coefficient (Wildman–Crippen LogP) is 4.55. The fourth-order valence-corrected chi connectivity index (χ4v) is 3.57. The Morgan fingerprint density at radius 1 is 1.23 bits per heavy atom. The maximum Gasteiger partial charge on any atom is 0.240 e. The minimum Gasteiger partial charge on any atom is -0.326 e. The van der Waals surface area contributed by atoms with Crippen molar-refractivity contribution in [3.63, 3.8) is 0 Å². The second kappa shape index (κ2) is 8.12. The lowest BCUT2D eigenvalue weighted by molar-refractivity contribution is -0.122. The van der Waals surface area contributed by atoms with E-state index in [1.807, 2.05) is 13.0 Å². The van der Waals surface area contributed by atoms with Gasteiger partial charge < -0.3 is 10.6 Å². The van der Waals surface area contributed by atoms with Crippen LogP contribution in [-0.4, -0.2) is 22.2 Å². The monoisotopic (exact) mass is 407 g/mol. The highest BCUT2D eigenvalue weighted by molar-refractivity contribution is 8.15. The van der Waals surface area contributed by atoms with Crippen molar-refractivity contribution < 1.29 is 9.59 Å². The van der Waals surface area contributed by atoms with Crippen molar-refractivity contribution in [3.8, 4) is 0 Å². The maximum atomic E-state index is 12.2. The van der Waals surface area contributed by atoms with Gasteiger partial charge in [0, 0.05) is 22.2 Å². The fourth-order valence-electron chi connectivity index (χ4n) is 2.28. The summed E-state index contributed by atoms with van der Waals surface area (Å²) in [4.78, 5) is 28.6. The molecule has 1 saturated heterocycles. The summed E-state index contributed by atoms with van der Waals surface area (Å²) in [6, 6.07) is 12.2. The molecule has 1 unspecified atom stereocenters. The van der Waals surface area contributed by atoms with Gasteiger partial charge in [-0.2, -0.15) is 0 Å². The number of amidine groups is 1. The number of amides is 2. The van der Waals surface area contributed by atoms with E-state index in [0.717, 1.165) is 5.56 Å². The molecule has 2 N–H and O–H groups in total. The van der Waals surface area contributed by atoms with Crippen LogP contribution in [0.5, 0.6) is 0 Å². The van der Waals surface area contributed by atoms with E-state index in [9.17, 15) is 9.59 Å². The summed E-state index contributed by atoms with van der Waals surface area (Å²) in [6.07, 6.45) is 0.0433. The largest absolute Gasteiger partial charge is 0.326 e. The van der Waals surface area contributed by atoms with E-state index < -0.39 is 5.25 Å². The Bertz CT molecular complexity index is 885. The molecule has 0 aromatic heterocycles. The highest BCUT2D eigenvalue weighted by Gasteiger charge is 2.32. The molecular weight excluding hydrogens is 393 g/mol. The van der Waals surface area contributed by atoms with E-state index in [1.165, 1.54) is 11.8 Å². The molecule has 0 aliphatic carbocycles. The quantitative estimate of drug-likeness (QED) is 0.780. The van der Waals surface area contributed by atoms with Crippen molar-refractivity contribution in [3.05, 3.63) is 58.1 Å². The Morgan fingerprint density at radius 2 is 1.96 bits per heavy atom. The van der Waals surface area contributed by atoms with E-state index in [2.05, 4.69) is 15.6 Å². The number of aryl methyl sites for hydroxylation is 1. The van der Waals surface area contributed by atoms with Gasteiger partial charge in [-0.1, -0.05) is 41.0 Å². The number of nitrogens with zero attached hydrogens (tertiary/aromatic N) is 1. The molecule has 3 rings (SSSR count). The van der Waals surface area contributed by atoms with Gasteiger partial charge in [-0.25, -0.2) is 4.99 Å². The molecular formula is C18H15Cl2N3O2S. The number of aliphatic imine (C=N–C) groups is 1. The van der Waals surface area contributed by atoms with Gasteiger partial charge in [0.15, 0.2) is 5.17 Å². The lowest BCUT2D eigenvalue weighted by atomic mass is 10.2. The van der Waals surface area contributed by atoms with Gasteiger partial charge in [0.05, 0.1) is 5.69 Å². The number of hydrogen-bond donors (Lipinski definition) is 2. The molecule has 2 amide bonds. The van der Waals surface area contributed by atoms with Gasteiger partial charge in [-0.3, -0.25) is 9.59 Å². The van der Waals surface area contributed by atoms with Crippen LogP contribution in [0.4, 0.5) is 11.4 Å². The summed E-state index contributed by atoms with van der Waals surface area (Å²) in [6.45, 7) is 1.88. The van der Waals surface area contributed by atoms with Crippen LogP contribution < -0.4 is 10.6 Å². The molecule has 1 atom stereocenters. The molecule has 8 heteroatoms. The van der Waals surface area contributed by atoms with Crippen molar-refractivity contribution in [1.82, 2.24) is 5.32 Å². The molecule has 1 fully saturated rings. The van der Waals surface area contributed by atoms with E-state index in [4.69, 9.17) is 23.2 Å². The zero-order valence-electron chi connectivity index (χ0n) is 13.8. The third-order valence-electron chi connectivity index (χ3n) is 3.66. The first-order valence-corrected chi connectivity index (χ1v) is 9.42. The third kappa shape index (κ3) is 4.78. The summed E-state index contributed by atoms with van der Waals surface area (Å²) in [7, 11) is 0. The smallest absolute Gasteiger partial charge is 0.240 e. The van der Waals surface area contributed by atoms with Crippen molar-refractivity contribution in [2.24, 2.45) is 4.99 Å². The van der Waals surface area contributed by atoms with Crippen LogP contribution in [0.25, 0.3) is 0 Å². The second-order valence-electron chi connectivity index (χ2n) is 5.71. The standard InChI is InChI=1S/C18H15Cl2N3O2S/c1-10-2-5-13(8-14(10)20)21-16(24)9-15-17(25)23-18(26-15)22-12-6-3-11(19)4-7-12/h2-8,15H,9H2,1H3,(H,21,24)(H,22,23,25). The Balaban J connectivity index is 1.61. The molecule has 0 saturated carbocycles. The van der Waals surface area contributed by atoms with Crippen LogP contribution in [0.15, 0.2) is 47.5 Å². The van der Waals surface area contributed by atoms with Crippen LogP contribution in [-0.2, 0) is 9.59 Å². The molecule has 1 heterocycles. The minimum atomic E-state index is -0.526. The normalized spacial score (nSPS) is 18.0. The van der Waals surface area contributed by atoms with Gasteiger partial charge in [0.25, 0.3) is 0 Å². The van der Waals surface area contributed by atoms with Crippen molar-refractivity contribution in [2.75, 3.05) is 5.32 Å². The van der Waals surface area contributed by atoms with E-state index in [1.54, 1.807) is 36.4 Å². The molecule has 26 heavy (non-hydrogen) atoms. The number of nitrogens with one attached hydrogen (secondary N) is 2. The second-order valence-corrected chi connectivity index (χ2v) is 7.74. The first kappa shape index (κ1) is 18.8. The Kier molecular flexibility index (Phi) is 5.86. The summed E-state index contributed by atoms with van der Waals surface area (Å²) >= 11 is 13.1. The number of thioether (sulfide) groups is 1. The van der Waals surface area contributed by atoms with Crippen LogP contribution in [0, 0.1) is 6.92 Å². The van der Waals surface area contributed by atoms with Gasteiger partial charge in [-0.05, 0) is 48.9 Å². The van der Waals surface area contributed by atoms with Crippen LogP contribution >= 0.6 is 35.0 Å². The predicted molar refractivity (Wildman–Crippen MR) is 108 cm³/mol. The number of hydrogen-bond acceptors (Lipinski definition) is 4. The zero-order valence-corrected chi connectivity index (χ0v) is 16.1. The zero-order chi connectivity index (χ0) is 18.7. The number of carbonyl (C=O) groups excluding carboxylic acids is 2. The molecule has 134 valence electrons. The highest BCUT2D eigenvalue weighted by atomic mass is 35.5. The molecule has 1 aliphatic rings. The number of anilines is 1. The topological polar surface area (TPSA) is 70.6 Å². The van der Waals surface area contributed by atoms with Crippen molar-refractivity contribution >= 4 is 63.3 Å². The minimum absolute atomic E-state index is 0.0433. The summed E-state index contributed by atoms with van der Waals surface area (Å²) in [5.41, 5.74) is 2.21. The molecule has 0 bridgehead atoms. The van der Waals surface area contributed by atoms with Gasteiger partial charge in [0.1, 0.15) is 5.25 Å². The molecule has 1 aliphatic heterocycles. The van der Waals surface area contributed by atoms with Crippen molar-refractivity contribution in [1.29, 1.82) is 0 Å². The number of rotatable bonds is 4. The van der Waals surface area contributed by atoms with Gasteiger partial charge in [-0.15, -0.1) is 0 Å². The van der Waals surface area contributed by atoms with Crippen LogP contribution in [0.2, 0.25) is 10.0 Å². The first-order chi connectivity index (χ1) is 12.4. The maximum absolute atomic E-state index is 12.2. The number of halogens is 2. The molecule has 0 spiro atoms. The van der Waals surface area contributed by atoms with Crippen molar-refractivity contribution in [2.45, 2.75) is 18.6 Å². The van der Waals surface area contributed by atoms with Gasteiger partial charge >= 0.3 is 0 Å². The van der Waals surface area contributed by atoms with E-state index in [-0.39, 0.29) is 18.2 Å². The lowest BCUT2D eigenvalue weighted by Gasteiger charge is -2.08. The Morgan fingerprint density at radius 3 is 2.65 bits per heavy atom. The Hall–Kier alpha value is -2.02. The van der Waals surface area contributed by atoms with Gasteiger partial charge in [0.2, 0.25) is 11.8 Å². The SMILES string of the molecule is Cc1ccc(NC(=O)CC2SC(=Nc3ccc(Cl)cc3)NC2=O)cc1Cl. The molecule has 2 aromatic rings. The number of carbonyl (C=O) groups is 2. The Labute approximate surface area is 165 Å². The lowest BCUT2D eigenvalue weighted by Crippen LogP contribution is -2.28. The average Bonchev–Trinajstić information content (AvgIpc) is 2.92. The number of benzene rings is 2. The van der Waals surface area contributed by atoms with E-state index >= 15 is 0 Å². The summed E-state index contributed by atoms with van der Waals surface area (Å²) in [5, 5.41) is 6.58. The van der Waals surface area contributed by atoms with Crippen LogP contribution in [0.3, 0.4) is 0 Å². The molecule has 0 radical (unpaired) electrons.